The summed E-state index contributed by atoms with van der Waals surface area (Å²) in [6.07, 6.45) is -7.43. The van der Waals surface area contributed by atoms with Crippen LogP contribution >= 0.6 is 0 Å². The number of hydrogen-bond donors (Lipinski definition) is 2. The standard InChI is InChI=1S/C10H14F2N2O5/c1-18-9-7(12)8(16)13-10(17)14(9)6-2-4(11)5(3-15)19-6/h4-7,9,15H,2-3H2,1H3,(H,13,16,17)/t4?,5-,6-,7?,9?/m1/s1. The van der Waals surface area contributed by atoms with Crippen LogP contribution in [0.25, 0.3) is 0 Å². The summed E-state index contributed by atoms with van der Waals surface area (Å²) < 4.78 is 37.1. The van der Waals surface area contributed by atoms with Gasteiger partial charge < -0.3 is 14.6 Å². The molecule has 2 rings (SSSR count). The fraction of sp³-hybridized carbons (Fsp3) is 0.800. The first-order valence-corrected chi connectivity index (χ1v) is 5.70. The van der Waals surface area contributed by atoms with E-state index in [0.717, 1.165) is 12.0 Å². The van der Waals surface area contributed by atoms with Crippen molar-refractivity contribution < 1.29 is 33.0 Å². The number of nitrogens with one attached hydrogen (secondary N) is 1. The van der Waals surface area contributed by atoms with Crippen molar-refractivity contribution in [3.63, 3.8) is 0 Å². The molecule has 2 N–H and O–H groups in total. The predicted octanol–water partition coefficient (Wildman–Crippen LogP) is -0.706. The van der Waals surface area contributed by atoms with Gasteiger partial charge in [-0.05, 0) is 0 Å². The van der Waals surface area contributed by atoms with Gasteiger partial charge in [-0.3, -0.25) is 15.0 Å². The van der Waals surface area contributed by atoms with Crippen LogP contribution in [0.3, 0.4) is 0 Å². The average Bonchev–Trinajstić information content (AvgIpc) is 2.74. The molecule has 7 nitrogen and oxygen atoms in total. The number of carbonyl (C=O) groups is 2. The Bertz CT molecular complexity index is 383. The molecule has 3 amide bonds. The predicted molar refractivity (Wildman–Crippen MR) is 56.3 cm³/mol. The van der Waals surface area contributed by atoms with Crippen LogP contribution in [0.4, 0.5) is 13.6 Å². The number of nitrogens with zero attached hydrogens (tertiary/aromatic N) is 1. The van der Waals surface area contributed by atoms with Crippen LogP contribution in [0.15, 0.2) is 0 Å². The fourth-order valence-corrected chi connectivity index (χ4v) is 2.18. The van der Waals surface area contributed by atoms with Crippen LogP contribution in [0.5, 0.6) is 0 Å². The first-order chi connectivity index (χ1) is 8.99. The van der Waals surface area contributed by atoms with Crippen molar-refractivity contribution in [2.45, 2.75) is 37.3 Å². The van der Waals surface area contributed by atoms with Crippen LogP contribution in [-0.2, 0) is 14.3 Å². The molecule has 2 heterocycles. The monoisotopic (exact) mass is 280 g/mol. The first-order valence-electron chi connectivity index (χ1n) is 5.70. The molecule has 5 atom stereocenters. The van der Waals surface area contributed by atoms with Crippen molar-refractivity contribution in [3.05, 3.63) is 0 Å². The zero-order valence-corrected chi connectivity index (χ0v) is 10.1. The van der Waals surface area contributed by atoms with E-state index in [1.807, 2.05) is 0 Å². The number of hydrogen-bond acceptors (Lipinski definition) is 5. The van der Waals surface area contributed by atoms with Gasteiger partial charge in [0.1, 0.15) is 18.5 Å². The van der Waals surface area contributed by atoms with Crippen LogP contribution < -0.4 is 5.32 Å². The highest BCUT2D eigenvalue weighted by molar-refractivity contribution is 5.99. The van der Waals surface area contributed by atoms with E-state index in [4.69, 9.17) is 14.6 Å². The topological polar surface area (TPSA) is 88.1 Å². The molecule has 2 fully saturated rings. The maximum atomic E-state index is 13.7. The molecular weight excluding hydrogens is 266 g/mol. The average molecular weight is 280 g/mol. The summed E-state index contributed by atoms with van der Waals surface area (Å²) in [4.78, 5) is 23.6. The van der Waals surface area contributed by atoms with Gasteiger partial charge >= 0.3 is 6.03 Å². The maximum Gasteiger partial charge on any atom is 0.328 e. The minimum Gasteiger partial charge on any atom is -0.394 e. The summed E-state index contributed by atoms with van der Waals surface area (Å²) in [6.45, 7) is -0.553. The van der Waals surface area contributed by atoms with Gasteiger partial charge in [0.15, 0.2) is 6.23 Å². The number of urea groups is 1. The van der Waals surface area contributed by atoms with Crippen LogP contribution in [0.1, 0.15) is 6.42 Å². The Morgan fingerprint density at radius 1 is 1.53 bits per heavy atom. The Morgan fingerprint density at radius 3 is 2.74 bits per heavy atom. The molecule has 2 aliphatic heterocycles. The number of carbonyl (C=O) groups excluding carboxylic acids is 2. The second-order valence-electron chi connectivity index (χ2n) is 4.29. The molecule has 0 radical (unpaired) electrons. The van der Waals surface area contributed by atoms with Gasteiger partial charge in [0.05, 0.1) is 6.61 Å². The largest absolute Gasteiger partial charge is 0.394 e. The number of aliphatic hydroxyl groups is 1. The van der Waals surface area contributed by atoms with Gasteiger partial charge in [-0.1, -0.05) is 0 Å². The van der Waals surface area contributed by atoms with Crippen molar-refractivity contribution in [2.24, 2.45) is 0 Å². The highest BCUT2D eigenvalue weighted by Gasteiger charge is 2.49. The Morgan fingerprint density at radius 2 is 2.21 bits per heavy atom. The molecular formula is C10H14F2N2O5. The van der Waals surface area contributed by atoms with Gasteiger partial charge in [0, 0.05) is 13.5 Å². The van der Waals surface area contributed by atoms with Crippen molar-refractivity contribution in [1.82, 2.24) is 10.2 Å². The van der Waals surface area contributed by atoms with Crippen molar-refractivity contribution in [2.75, 3.05) is 13.7 Å². The summed E-state index contributed by atoms with van der Waals surface area (Å²) in [5, 5.41) is 10.7. The Balaban J connectivity index is 2.17. The second-order valence-corrected chi connectivity index (χ2v) is 4.29. The van der Waals surface area contributed by atoms with E-state index in [1.54, 1.807) is 5.32 Å². The molecule has 0 saturated carbocycles. The van der Waals surface area contributed by atoms with E-state index in [0.29, 0.717) is 0 Å². The van der Waals surface area contributed by atoms with E-state index in [1.165, 1.54) is 0 Å². The van der Waals surface area contributed by atoms with Gasteiger partial charge in [0.2, 0.25) is 6.17 Å². The number of halogens is 2. The molecule has 19 heavy (non-hydrogen) atoms. The van der Waals surface area contributed by atoms with Crippen molar-refractivity contribution in [1.29, 1.82) is 0 Å². The number of imide groups is 1. The molecule has 3 unspecified atom stereocenters. The molecule has 0 spiro atoms. The van der Waals surface area contributed by atoms with E-state index in [-0.39, 0.29) is 6.42 Å². The van der Waals surface area contributed by atoms with E-state index in [2.05, 4.69) is 0 Å². The normalized spacial score (nSPS) is 39.6. The minimum atomic E-state index is -2.09. The molecule has 9 heteroatoms. The Labute approximate surface area is 107 Å². The minimum absolute atomic E-state index is 0.223. The molecule has 2 aliphatic rings. The van der Waals surface area contributed by atoms with Crippen LogP contribution in [-0.4, -0.2) is 66.6 Å². The van der Waals surface area contributed by atoms with Gasteiger partial charge in [-0.2, -0.15) is 0 Å². The Kier molecular flexibility index (Phi) is 3.97. The van der Waals surface area contributed by atoms with E-state index >= 15 is 0 Å². The lowest BCUT2D eigenvalue weighted by molar-refractivity contribution is -0.164. The molecule has 0 aromatic heterocycles. The molecule has 0 aliphatic carbocycles. The summed E-state index contributed by atoms with van der Waals surface area (Å²) in [5.41, 5.74) is 0. The van der Waals surface area contributed by atoms with Gasteiger partial charge in [0.25, 0.3) is 5.91 Å². The third-order valence-corrected chi connectivity index (χ3v) is 3.13. The quantitative estimate of drug-likeness (QED) is 0.713. The molecule has 108 valence electrons. The third-order valence-electron chi connectivity index (χ3n) is 3.13. The SMILES string of the molecule is COC1C(F)C(=O)NC(=O)N1[C@H]1CC(F)[C@@H](CO)O1. The highest BCUT2D eigenvalue weighted by atomic mass is 19.1. The van der Waals surface area contributed by atoms with Crippen molar-refractivity contribution in [3.8, 4) is 0 Å². The zero-order valence-electron chi connectivity index (χ0n) is 10.1. The fourth-order valence-electron chi connectivity index (χ4n) is 2.18. The van der Waals surface area contributed by atoms with E-state index in [9.17, 15) is 18.4 Å². The van der Waals surface area contributed by atoms with Crippen LogP contribution in [0, 0.1) is 0 Å². The number of methoxy groups -OCH3 is 1. The third kappa shape index (κ3) is 2.40. The van der Waals surface area contributed by atoms with Crippen LogP contribution in [0.2, 0.25) is 0 Å². The number of aliphatic hydroxyl groups excluding tert-OH is 1. The second kappa shape index (κ2) is 5.35. The molecule has 0 bridgehead atoms. The lowest BCUT2D eigenvalue weighted by Crippen LogP contribution is -2.64. The lowest BCUT2D eigenvalue weighted by atomic mass is 10.1. The lowest BCUT2D eigenvalue weighted by Gasteiger charge is -2.38. The molecule has 2 saturated heterocycles. The maximum absolute atomic E-state index is 13.7. The zero-order chi connectivity index (χ0) is 14.2. The molecule has 0 aromatic carbocycles. The summed E-state index contributed by atoms with van der Waals surface area (Å²) in [6, 6.07) is -0.915. The summed E-state index contributed by atoms with van der Waals surface area (Å²) in [7, 11) is 1.13. The number of amides is 3. The van der Waals surface area contributed by atoms with E-state index < -0.39 is 49.4 Å². The first kappa shape index (κ1) is 14.1. The van der Waals surface area contributed by atoms with Gasteiger partial charge in [-0.25, -0.2) is 13.6 Å². The molecule has 0 aromatic rings. The number of rotatable bonds is 3. The van der Waals surface area contributed by atoms with Gasteiger partial charge in [-0.15, -0.1) is 0 Å². The Hall–Kier alpha value is -1.32. The van der Waals surface area contributed by atoms with Crippen molar-refractivity contribution >= 4 is 11.9 Å². The highest BCUT2D eigenvalue weighted by Crippen LogP contribution is 2.29. The number of alkyl halides is 2. The summed E-state index contributed by atoms with van der Waals surface area (Å²) >= 11 is 0. The smallest absolute Gasteiger partial charge is 0.328 e. The summed E-state index contributed by atoms with van der Waals surface area (Å²) in [5.74, 6) is -1.11. The number of ether oxygens (including phenoxy) is 2.